The number of aromatic nitrogens is 1. The third-order valence-corrected chi connectivity index (χ3v) is 2.90. The summed E-state index contributed by atoms with van der Waals surface area (Å²) in [4.78, 5) is 24.9. The van der Waals surface area contributed by atoms with E-state index < -0.39 is 22.1 Å². The van der Waals surface area contributed by atoms with Crippen LogP contribution >= 0.6 is 11.3 Å². The number of hydrogen-bond acceptors (Lipinski definition) is 6. The van der Waals surface area contributed by atoms with Crippen LogP contribution in [0, 0.1) is 10.1 Å². The van der Waals surface area contributed by atoms with Crippen molar-refractivity contribution in [3.8, 4) is 5.75 Å². The molecule has 0 unspecified atom stereocenters. The number of nitrogens with zero attached hydrogens (tertiary/aromatic N) is 2. The van der Waals surface area contributed by atoms with E-state index in [0.29, 0.717) is 5.69 Å². The first kappa shape index (κ1) is 13.0. The fourth-order valence-corrected chi connectivity index (χ4v) is 1.94. The van der Waals surface area contributed by atoms with Crippen molar-refractivity contribution in [2.24, 2.45) is 0 Å². The summed E-state index contributed by atoms with van der Waals surface area (Å²) in [5.41, 5.74) is 1.49. The van der Waals surface area contributed by atoms with Gasteiger partial charge in [-0.05, 0) is 6.07 Å². The zero-order valence-electron chi connectivity index (χ0n) is 9.48. The van der Waals surface area contributed by atoms with Crippen molar-refractivity contribution in [3.05, 3.63) is 50.5 Å². The van der Waals surface area contributed by atoms with Gasteiger partial charge >= 0.3 is 5.97 Å². The Balaban J connectivity index is 2.20. The van der Waals surface area contributed by atoms with E-state index in [-0.39, 0.29) is 12.4 Å². The van der Waals surface area contributed by atoms with Gasteiger partial charge in [-0.15, -0.1) is 11.3 Å². The molecule has 0 spiro atoms. The second kappa shape index (κ2) is 5.44. The highest BCUT2D eigenvalue weighted by Crippen LogP contribution is 2.24. The monoisotopic (exact) mass is 280 g/mol. The van der Waals surface area contributed by atoms with Crippen molar-refractivity contribution in [3.63, 3.8) is 0 Å². The standard InChI is InChI=1S/C11H8N2O5S/c14-11(15)9-3-8(1-2-10(9)13(16)17)18-4-7-5-19-6-12-7/h1-3,5-6H,4H2,(H,14,15). The zero-order chi connectivity index (χ0) is 13.8. The van der Waals surface area contributed by atoms with Gasteiger partial charge in [-0.1, -0.05) is 0 Å². The Bertz CT molecular complexity index is 612. The van der Waals surface area contributed by atoms with Gasteiger partial charge in [0.05, 0.1) is 16.1 Å². The molecular weight excluding hydrogens is 272 g/mol. The van der Waals surface area contributed by atoms with E-state index in [1.54, 1.807) is 10.9 Å². The molecule has 0 atom stereocenters. The Labute approximate surface area is 111 Å². The summed E-state index contributed by atoms with van der Waals surface area (Å²) >= 11 is 1.41. The van der Waals surface area contributed by atoms with Gasteiger partial charge in [-0.2, -0.15) is 0 Å². The van der Waals surface area contributed by atoms with E-state index >= 15 is 0 Å². The SMILES string of the molecule is O=C(O)c1cc(OCc2cscn2)ccc1[N+](=O)[O-]. The van der Waals surface area contributed by atoms with Crippen LogP contribution in [0.3, 0.4) is 0 Å². The first-order valence-corrected chi connectivity index (χ1v) is 6.04. The van der Waals surface area contributed by atoms with Gasteiger partial charge in [0.2, 0.25) is 0 Å². The number of carbonyl (C=O) groups is 1. The van der Waals surface area contributed by atoms with Crippen molar-refractivity contribution in [1.29, 1.82) is 0 Å². The summed E-state index contributed by atoms with van der Waals surface area (Å²) in [5.74, 6) is -1.12. The van der Waals surface area contributed by atoms with Crippen LogP contribution in [0.15, 0.2) is 29.1 Å². The lowest BCUT2D eigenvalue weighted by atomic mass is 10.1. The number of rotatable bonds is 5. The van der Waals surface area contributed by atoms with Gasteiger partial charge in [0.15, 0.2) is 0 Å². The predicted octanol–water partition coefficient (Wildman–Crippen LogP) is 2.33. The van der Waals surface area contributed by atoms with Gasteiger partial charge in [0.25, 0.3) is 5.69 Å². The van der Waals surface area contributed by atoms with Crippen molar-refractivity contribution in [2.45, 2.75) is 6.61 Å². The van der Waals surface area contributed by atoms with Crippen LogP contribution < -0.4 is 4.74 Å². The number of nitro benzene ring substituents is 1. The highest BCUT2D eigenvalue weighted by Gasteiger charge is 2.20. The first-order chi connectivity index (χ1) is 9.08. The van der Waals surface area contributed by atoms with E-state index in [2.05, 4.69) is 4.98 Å². The Hall–Kier alpha value is -2.48. The molecule has 1 aromatic heterocycles. The van der Waals surface area contributed by atoms with Crippen LogP contribution in [0.4, 0.5) is 5.69 Å². The number of carboxylic acid groups (broad SMARTS) is 1. The number of aromatic carboxylic acids is 1. The third-order valence-electron chi connectivity index (χ3n) is 2.27. The van der Waals surface area contributed by atoms with Crippen molar-refractivity contribution in [1.82, 2.24) is 4.98 Å². The Morgan fingerprint density at radius 3 is 2.89 bits per heavy atom. The maximum Gasteiger partial charge on any atom is 0.342 e. The molecule has 98 valence electrons. The van der Waals surface area contributed by atoms with Crippen LogP contribution in [0.25, 0.3) is 0 Å². The number of carboxylic acids is 1. The Morgan fingerprint density at radius 1 is 1.53 bits per heavy atom. The zero-order valence-corrected chi connectivity index (χ0v) is 10.3. The second-order valence-electron chi connectivity index (χ2n) is 3.51. The topological polar surface area (TPSA) is 103 Å². The number of hydrogen-bond donors (Lipinski definition) is 1. The summed E-state index contributed by atoms with van der Waals surface area (Å²) in [6, 6.07) is 3.60. The summed E-state index contributed by atoms with van der Waals surface area (Å²) in [5, 5.41) is 21.4. The largest absolute Gasteiger partial charge is 0.487 e. The van der Waals surface area contributed by atoms with E-state index in [9.17, 15) is 14.9 Å². The molecule has 1 N–H and O–H groups in total. The normalized spacial score (nSPS) is 10.1. The van der Waals surface area contributed by atoms with Crippen LogP contribution in [0.2, 0.25) is 0 Å². The maximum atomic E-state index is 10.9. The number of thiazole rings is 1. The predicted molar refractivity (Wildman–Crippen MR) is 66.5 cm³/mol. The van der Waals surface area contributed by atoms with Crippen LogP contribution in [0.1, 0.15) is 16.1 Å². The summed E-state index contributed by atoms with van der Waals surface area (Å²) in [7, 11) is 0. The molecule has 1 heterocycles. The fourth-order valence-electron chi connectivity index (χ4n) is 1.40. The molecule has 0 bridgehead atoms. The number of benzene rings is 1. The van der Waals surface area contributed by atoms with Crippen molar-refractivity contribution in [2.75, 3.05) is 0 Å². The molecule has 8 heteroatoms. The fraction of sp³-hybridized carbons (Fsp3) is 0.0909. The average molecular weight is 280 g/mol. The van der Waals surface area contributed by atoms with Crippen LogP contribution in [-0.4, -0.2) is 21.0 Å². The molecule has 0 amide bonds. The summed E-state index contributed by atoms with van der Waals surface area (Å²) < 4.78 is 5.33. The minimum atomic E-state index is -1.37. The first-order valence-electron chi connectivity index (χ1n) is 5.09. The minimum Gasteiger partial charge on any atom is -0.487 e. The van der Waals surface area contributed by atoms with E-state index in [4.69, 9.17) is 9.84 Å². The molecule has 0 aliphatic carbocycles. The van der Waals surface area contributed by atoms with Gasteiger partial charge in [0.1, 0.15) is 17.9 Å². The van der Waals surface area contributed by atoms with Crippen LogP contribution in [-0.2, 0) is 6.61 Å². The molecule has 0 saturated carbocycles. The lowest BCUT2D eigenvalue weighted by molar-refractivity contribution is -0.385. The molecule has 0 fully saturated rings. The summed E-state index contributed by atoms with van der Waals surface area (Å²) in [6.07, 6.45) is 0. The molecule has 0 aliphatic heterocycles. The average Bonchev–Trinajstić information content (AvgIpc) is 2.88. The van der Waals surface area contributed by atoms with E-state index in [1.165, 1.54) is 17.4 Å². The maximum absolute atomic E-state index is 10.9. The van der Waals surface area contributed by atoms with Gasteiger partial charge in [-0.25, -0.2) is 9.78 Å². The molecule has 1 aromatic carbocycles. The molecule has 0 saturated heterocycles. The molecule has 2 rings (SSSR count). The highest BCUT2D eigenvalue weighted by molar-refractivity contribution is 7.07. The molecule has 7 nitrogen and oxygen atoms in total. The summed E-state index contributed by atoms with van der Waals surface area (Å²) in [6.45, 7) is 0.181. The third kappa shape index (κ3) is 3.05. The Morgan fingerprint density at radius 2 is 2.32 bits per heavy atom. The smallest absolute Gasteiger partial charge is 0.342 e. The molecule has 19 heavy (non-hydrogen) atoms. The highest BCUT2D eigenvalue weighted by atomic mass is 32.1. The van der Waals surface area contributed by atoms with Crippen LogP contribution in [0.5, 0.6) is 5.75 Å². The second-order valence-corrected chi connectivity index (χ2v) is 4.23. The number of nitro groups is 1. The number of ether oxygens (including phenoxy) is 1. The van der Waals surface area contributed by atoms with E-state index in [1.807, 2.05) is 0 Å². The molecule has 2 aromatic rings. The molecule has 0 aliphatic rings. The van der Waals surface area contributed by atoms with E-state index in [0.717, 1.165) is 12.1 Å². The lowest BCUT2D eigenvalue weighted by Gasteiger charge is -2.05. The lowest BCUT2D eigenvalue weighted by Crippen LogP contribution is -2.04. The van der Waals surface area contributed by atoms with Crippen molar-refractivity contribution < 1.29 is 19.6 Å². The molecule has 0 radical (unpaired) electrons. The van der Waals surface area contributed by atoms with Gasteiger partial charge in [0, 0.05) is 17.5 Å². The molecular formula is C11H8N2O5S. The minimum absolute atomic E-state index is 0.181. The van der Waals surface area contributed by atoms with Crippen molar-refractivity contribution >= 4 is 23.0 Å². The van der Waals surface area contributed by atoms with Gasteiger partial charge in [-0.3, -0.25) is 10.1 Å². The Kier molecular flexibility index (Phi) is 3.71. The van der Waals surface area contributed by atoms with Gasteiger partial charge < -0.3 is 9.84 Å². The quantitative estimate of drug-likeness (QED) is 0.666.